The van der Waals surface area contributed by atoms with Gasteiger partial charge in [0, 0.05) is 38.3 Å². The number of nitrogens with one attached hydrogen (secondary N) is 1. The third-order valence-corrected chi connectivity index (χ3v) is 5.74. The highest BCUT2D eigenvalue weighted by Gasteiger charge is 2.18. The van der Waals surface area contributed by atoms with Crippen molar-refractivity contribution in [2.45, 2.75) is 31.7 Å². The van der Waals surface area contributed by atoms with Gasteiger partial charge in [-0.2, -0.15) is 4.57 Å². The molecule has 0 bridgehead atoms. The van der Waals surface area contributed by atoms with E-state index >= 15 is 0 Å². The van der Waals surface area contributed by atoms with Gasteiger partial charge in [0.25, 0.3) is 5.91 Å². The summed E-state index contributed by atoms with van der Waals surface area (Å²) in [5.74, 6) is -0.208. The third kappa shape index (κ3) is 4.64. The molecule has 0 aliphatic heterocycles. The fourth-order valence-corrected chi connectivity index (χ4v) is 3.30. The van der Waals surface area contributed by atoms with Crippen LogP contribution < -0.4 is 9.88 Å². The number of carbonyl (C=O) groups is 1. The number of rotatable bonds is 6. The number of aryl methyl sites for hydroxylation is 2. The average Bonchev–Trinajstić information content (AvgIpc) is 2.57. The van der Waals surface area contributed by atoms with Crippen molar-refractivity contribution >= 4 is 21.6 Å². The Hall–Kier alpha value is -2.25. The molecule has 0 fully saturated rings. The van der Waals surface area contributed by atoms with Crippen LogP contribution in [0.4, 0.5) is 5.69 Å². The molecule has 0 radical (unpaired) electrons. The molecule has 2 aromatic rings. The van der Waals surface area contributed by atoms with Gasteiger partial charge in [0.05, 0.1) is 4.90 Å². The van der Waals surface area contributed by atoms with E-state index in [0.717, 1.165) is 22.0 Å². The smallest absolute Gasteiger partial charge is 0.290 e. The molecule has 25 heavy (non-hydrogen) atoms. The maximum atomic E-state index is 12.3. The summed E-state index contributed by atoms with van der Waals surface area (Å²) in [5, 5.41) is 2.76. The van der Waals surface area contributed by atoms with Crippen LogP contribution in [0, 0.1) is 6.92 Å². The highest BCUT2D eigenvalue weighted by atomic mass is 32.2. The minimum absolute atomic E-state index is 0.145. The first-order chi connectivity index (χ1) is 11.7. The van der Waals surface area contributed by atoms with Crippen LogP contribution in [0.1, 0.15) is 18.2 Å². The van der Waals surface area contributed by atoms with Crippen molar-refractivity contribution in [3.63, 3.8) is 0 Å². The number of pyridine rings is 1. The van der Waals surface area contributed by atoms with Crippen molar-refractivity contribution in [2.75, 3.05) is 19.4 Å². The third-order valence-electron chi connectivity index (χ3n) is 3.93. The molecule has 1 aromatic carbocycles. The van der Waals surface area contributed by atoms with E-state index in [1.807, 2.05) is 29.8 Å². The molecule has 0 atom stereocenters. The lowest BCUT2D eigenvalue weighted by Gasteiger charge is -2.12. The zero-order valence-electron chi connectivity index (χ0n) is 15.0. The van der Waals surface area contributed by atoms with E-state index in [1.54, 1.807) is 12.1 Å². The van der Waals surface area contributed by atoms with Crippen LogP contribution in [0.15, 0.2) is 47.5 Å². The Morgan fingerprint density at radius 2 is 1.92 bits per heavy atom. The van der Waals surface area contributed by atoms with Gasteiger partial charge >= 0.3 is 0 Å². The molecule has 1 N–H and O–H groups in total. The van der Waals surface area contributed by atoms with Gasteiger partial charge in [-0.3, -0.25) is 4.79 Å². The highest BCUT2D eigenvalue weighted by molar-refractivity contribution is 7.89. The lowest BCUT2D eigenvalue weighted by atomic mass is 10.2. The number of sulfonamides is 1. The van der Waals surface area contributed by atoms with Crippen molar-refractivity contribution in [3.05, 3.63) is 53.9 Å². The van der Waals surface area contributed by atoms with E-state index in [1.165, 1.54) is 26.2 Å². The first-order valence-corrected chi connectivity index (χ1v) is 9.49. The molecule has 6 nitrogen and oxygen atoms in total. The van der Waals surface area contributed by atoms with Crippen molar-refractivity contribution in [3.8, 4) is 0 Å². The Bertz CT molecular complexity index is 877. The topological polar surface area (TPSA) is 70.4 Å². The summed E-state index contributed by atoms with van der Waals surface area (Å²) in [4.78, 5) is 12.5. The van der Waals surface area contributed by atoms with E-state index in [0.29, 0.717) is 5.69 Å². The molecule has 2 rings (SSSR count). The van der Waals surface area contributed by atoms with Gasteiger partial charge in [-0.1, -0.05) is 13.0 Å². The normalized spacial score (nSPS) is 11.6. The Kier molecular flexibility index (Phi) is 5.92. The number of nitrogens with zero attached hydrogens (tertiary/aromatic N) is 2. The van der Waals surface area contributed by atoms with Crippen LogP contribution in [0.3, 0.4) is 0 Å². The largest absolute Gasteiger partial charge is 0.321 e. The second kappa shape index (κ2) is 7.76. The number of aromatic nitrogens is 1. The van der Waals surface area contributed by atoms with Crippen LogP contribution in [0.5, 0.6) is 0 Å². The molecule has 0 aliphatic rings. The molecule has 0 saturated heterocycles. The number of anilines is 1. The minimum atomic E-state index is -3.53. The first-order valence-electron chi connectivity index (χ1n) is 8.05. The van der Waals surface area contributed by atoms with Gasteiger partial charge in [-0.05, 0) is 30.7 Å². The van der Waals surface area contributed by atoms with Crippen LogP contribution >= 0.6 is 0 Å². The second-order valence-electron chi connectivity index (χ2n) is 6.02. The lowest BCUT2D eigenvalue weighted by molar-refractivity contribution is -0.690. The zero-order chi connectivity index (χ0) is 18.6. The van der Waals surface area contributed by atoms with Gasteiger partial charge in [-0.15, -0.1) is 0 Å². The van der Waals surface area contributed by atoms with E-state index in [2.05, 4.69) is 12.2 Å². The summed E-state index contributed by atoms with van der Waals surface area (Å²) in [5.41, 5.74) is 2.59. The summed E-state index contributed by atoms with van der Waals surface area (Å²) in [6.45, 7) is 4.17. The summed E-state index contributed by atoms with van der Waals surface area (Å²) in [7, 11) is -0.587. The van der Waals surface area contributed by atoms with Crippen LogP contribution in [-0.2, 0) is 27.8 Å². The maximum absolute atomic E-state index is 12.3. The molecule has 0 saturated carbocycles. The Labute approximate surface area is 149 Å². The standard InChI is InChI=1S/C18H23N3O3S/c1-5-15-10-9-14(2)21(12-15)13-18(22)19-16-7-6-8-17(11-16)25(23,24)20(3)4/h6-12H,5,13H2,1-4H3/p+1. The molecular formula is C18H24N3O3S+. The first kappa shape index (κ1) is 19.1. The van der Waals surface area contributed by atoms with Gasteiger partial charge < -0.3 is 5.32 Å². The predicted octanol–water partition coefficient (Wildman–Crippen LogP) is 1.73. The number of carbonyl (C=O) groups excluding carboxylic acids is 1. The van der Waals surface area contributed by atoms with E-state index in [-0.39, 0.29) is 17.3 Å². The number of hydrogen-bond donors (Lipinski definition) is 1. The molecule has 134 valence electrons. The van der Waals surface area contributed by atoms with Gasteiger partial charge in [-0.25, -0.2) is 12.7 Å². The Morgan fingerprint density at radius 3 is 2.56 bits per heavy atom. The van der Waals surface area contributed by atoms with Gasteiger partial charge in [0.15, 0.2) is 11.9 Å². The lowest BCUT2D eigenvalue weighted by Crippen LogP contribution is -2.43. The Balaban J connectivity index is 2.17. The summed E-state index contributed by atoms with van der Waals surface area (Å²) < 4.78 is 27.4. The highest BCUT2D eigenvalue weighted by Crippen LogP contribution is 2.17. The van der Waals surface area contributed by atoms with Crippen molar-refractivity contribution in [1.29, 1.82) is 0 Å². The van der Waals surface area contributed by atoms with Crippen molar-refractivity contribution in [1.82, 2.24) is 4.31 Å². The van der Waals surface area contributed by atoms with Gasteiger partial charge in [0.2, 0.25) is 16.6 Å². The fraction of sp³-hybridized carbons (Fsp3) is 0.333. The molecule has 1 aromatic heterocycles. The second-order valence-corrected chi connectivity index (χ2v) is 8.18. The fourth-order valence-electron chi connectivity index (χ4n) is 2.35. The SMILES string of the molecule is CCc1ccc(C)[n+](CC(=O)Nc2cccc(S(=O)(=O)N(C)C)c2)c1. The quantitative estimate of drug-likeness (QED) is 0.796. The van der Waals surface area contributed by atoms with Crippen molar-refractivity contribution in [2.24, 2.45) is 0 Å². The average molecular weight is 362 g/mol. The molecule has 1 heterocycles. The van der Waals surface area contributed by atoms with E-state index in [9.17, 15) is 13.2 Å². The zero-order valence-corrected chi connectivity index (χ0v) is 15.8. The summed E-state index contributed by atoms with van der Waals surface area (Å²) in [6, 6.07) is 10.3. The van der Waals surface area contributed by atoms with Crippen LogP contribution in [0.2, 0.25) is 0 Å². The number of benzene rings is 1. The minimum Gasteiger partial charge on any atom is -0.321 e. The molecular weight excluding hydrogens is 338 g/mol. The summed E-state index contributed by atoms with van der Waals surface area (Å²) in [6.07, 6.45) is 2.86. The maximum Gasteiger partial charge on any atom is 0.290 e. The molecule has 1 amide bonds. The van der Waals surface area contributed by atoms with E-state index < -0.39 is 10.0 Å². The Morgan fingerprint density at radius 1 is 1.20 bits per heavy atom. The number of amides is 1. The summed E-state index contributed by atoms with van der Waals surface area (Å²) >= 11 is 0. The van der Waals surface area contributed by atoms with Gasteiger partial charge in [0.1, 0.15) is 0 Å². The predicted molar refractivity (Wildman–Crippen MR) is 96.7 cm³/mol. The van der Waals surface area contributed by atoms with Crippen molar-refractivity contribution < 1.29 is 17.8 Å². The molecule has 0 spiro atoms. The monoisotopic (exact) mass is 362 g/mol. The molecule has 0 unspecified atom stereocenters. The molecule has 7 heteroatoms. The van der Waals surface area contributed by atoms with E-state index in [4.69, 9.17) is 0 Å². The van der Waals surface area contributed by atoms with Crippen LogP contribution in [-0.4, -0.2) is 32.7 Å². The van der Waals surface area contributed by atoms with Crippen LogP contribution in [0.25, 0.3) is 0 Å². The molecule has 0 aliphatic carbocycles. The number of hydrogen-bond acceptors (Lipinski definition) is 3.